The lowest BCUT2D eigenvalue weighted by Gasteiger charge is -2.14. The number of aryl methyl sites for hydroxylation is 1. The number of anilines is 1. The highest BCUT2D eigenvalue weighted by molar-refractivity contribution is 8.00. The van der Waals surface area contributed by atoms with Gasteiger partial charge in [-0.05, 0) is 37.6 Å². The largest absolute Gasteiger partial charge is 0.411 e. The van der Waals surface area contributed by atoms with E-state index < -0.39 is 5.25 Å². The van der Waals surface area contributed by atoms with Crippen LogP contribution in [0.4, 0.5) is 5.69 Å². The zero-order valence-corrected chi connectivity index (χ0v) is 17.5. The molecule has 5 nitrogen and oxygen atoms in total. The molecule has 0 aliphatic rings. The Kier molecular flexibility index (Phi) is 5.95. The highest BCUT2D eigenvalue weighted by Gasteiger charge is 2.20. The second kappa shape index (κ2) is 8.97. The van der Waals surface area contributed by atoms with Gasteiger partial charge in [0.1, 0.15) is 0 Å². The van der Waals surface area contributed by atoms with Crippen molar-refractivity contribution in [3.8, 4) is 22.6 Å². The summed E-state index contributed by atoms with van der Waals surface area (Å²) in [6, 6.07) is 25.6. The van der Waals surface area contributed by atoms with Crippen molar-refractivity contribution in [2.45, 2.75) is 24.3 Å². The topological polar surface area (TPSA) is 68.0 Å². The second-order valence-electron chi connectivity index (χ2n) is 6.90. The first kappa shape index (κ1) is 19.9. The number of rotatable bonds is 6. The molecule has 1 heterocycles. The van der Waals surface area contributed by atoms with Gasteiger partial charge >= 0.3 is 0 Å². The van der Waals surface area contributed by atoms with E-state index in [2.05, 4.69) is 15.5 Å². The molecular formula is C24H21N3O2S. The van der Waals surface area contributed by atoms with Crippen molar-refractivity contribution in [1.82, 2.24) is 10.2 Å². The molecular weight excluding hydrogens is 394 g/mol. The number of carbonyl (C=O) groups is 1. The summed E-state index contributed by atoms with van der Waals surface area (Å²) in [7, 11) is 0. The van der Waals surface area contributed by atoms with Crippen LogP contribution in [0.1, 0.15) is 12.5 Å². The van der Waals surface area contributed by atoms with Crippen LogP contribution in [0.15, 0.2) is 88.5 Å². The molecule has 1 amide bonds. The Morgan fingerprint density at radius 1 is 0.900 bits per heavy atom. The average molecular weight is 416 g/mol. The fourth-order valence-corrected chi connectivity index (χ4v) is 3.65. The Morgan fingerprint density at radius 2 is 1.60 bits per heavy atom. The van der Waals surface area contributed by atoms with Crippen LogP contribution in [0.25, 0.3) is 22.6 Å². The second-order valence-corrected chi connectivity index (χ2v) is 8.19. The average Bonchev–Trinajstić information content (AvgIpc) is 3.23. The van der Waals surface area contributed by atoms with Gasteiger partial charge in [0.25, 0.3) is 5.22 Å². The van der Waals surface area contributed by atoms with E-state index >= 15 is 0 Å². The van der Waals surface area contributed by atoms with Crippen molar-refractivity contribution in [1.29, 1.82) is 0 Å². The molecule has 0 spiro atoms. The molecule has 4 aromatic rings. The van der Waals surface area contributed by atoms with Crippen LogP contribution in [-0.4, -0.2) is 21.4 Å². The SMILES string of the molecule is Cc1ccc(-c2nnc(S[C@@H](C)C(=O)Nc3ccccc3-c3ccccc3)o2)cc1. The maximum Gasteiger partial charge on any atom is 0.277 e. The number of nitrogens with zero attached hydrogens (tertiary/aromatic N) is 2. The highest BCUT2D eigenvalue weighted by Crippen LogP contribution is 2.30. The predicted octanol–water partition coefficient (Wildman–Crippen LogP) is 5.83. The zero-order valence-electron chi connectivity index (χ0n) is 16.7. The van der Waals surface area contributed by atoms with Gasteiger partial charge in [-0.25, -0.2) is 0 Å². The maximum atomic E-state index is 12.8. The number of carbonyl (C=O) groups excluding carboxylic acids is 1. The van der Waals surface area contributed by atoms with Crippen molar-refractivity contribution < 1.29 is 9.21 Å². The van der Waals surface area contributed by atoms with E-state index in [-0.39, 0.29) is 5.91 Å². The number of amides is 1. The number of thioether (sulfide) groups is 1. The summed E-state index contributed by atoms with van der Waals surface area (Å²) in [5.41, 5.74) is 4.81. The molecule has 0 radical (unpaired) electrons. The predicted molar refractivity (Wildman–Crippen MR) is 120 cm³/mol. The first-order valence-corrected chi connectivity index (χ1v) is 10.5. The van der Waals surface area contributed by atoms with Crippen molar-refractivity contribution in [2.24, 2.45) is 0 Å². The third kappa shape index (κ3) is 4.60. The summed E-state index contributed by atoms with van der Waals surface area (Å²) in [5.74, 6) is 0.318. The first-order chi connectivity index (χ1) is 14.6. The standard InChI is InChI=1S/C24H21N3O2S/c1-16-12-14-19(15-13-16)23-26-27-24(29-23)30-17(2)22(28)25-21-11-7-6-10-20(21)18-8-4-3-5-9-18/h3-15,17H,1-2H3,(H,25,28)/t17-/m0/s1. The molecule has 30 heavy (non-hydrogen) atoms. The minimum atomic E-state index is -0.403. The molecule has 0 aliphatic heterocycles. The van der Waals surface area contributed by atoms with E-state index in [1.54, 1.807) is 0 Å². The van der Waals surface area contributed by atoms with Crippen molar-refractivity contribution in [3.63, 3.8) is 0 Å². The van der Waals surface area contributed by atoms with E-state index in [0.717, 1.165) is 27.9 Å². The summed E-state index contributed by atoms with van der Waals surface area (Å²) in [5, 5.41) is 11.2. The first-order valence-electron chi connectivity index (χ1n) is 9.62. The van der Waals surface area contributed by atoms with E-state index in [4.69, 9.17) is 4.42 Å². The maximum absolute atomic E-state index is 12.8. The van der Waals surface area contributed by atoms with Crippen molar-refractivity contribution >= 4 is 23.4 Å². The number of nitrogens with one attached hydrogen (secondary N) is 1. The fourth-order valence-electron chi connectivity index (χ4n) is 2.97. The summed E-state index contributed by atoms with van der Waals surface area (Å²) >= 11 is 1.24. The van der Waals surface area contributed by atoms with Gasteiger partial charge in [0.2, 0.25) is 11.8 Å². The molecule has 0 bridgehead atoms. The molecule has 0 saturated carbocycles. The van der Waals surface area contributed by atoms with Crippen LogP contribution < -0.4 is 5.32 Å². The Balaban J connectivity index is 1.45. The molecule has 1 atom stereocenters. The molecule has 0 unspecified atom stereocenters. The molecule has 150 valence electrons. The number of aromatic nitrogens is 2. The normalized spacial score (nSPS) is 11.8. The Bertz CT molecular complexity index is 1140. The van der Waals surface area contributed by atoms with Gasteiger partial charge in [0.05, 0.1) is 5.25 Å². The fraction of sp³-hybridized carbons (Fsp3) is 0.125. The number of hydrogen-bond acceptors (Lipinski definition) is 5. The molecule has 6 heteroatoms. The van der Waals surface area contributed by atoms with Crippen LogP contribution in [-0.2, 0) is 4.79 Å². The minimum Gasteiger partial charge on any atom is -0.411 e. The summed E-state index contributed by atoms with van der Waals surface area (Å²) in [6.45, 7) is 3.84. The Morgan fingerprint density at radius 3 is 2.37 bits per heavy atom. The Labute approximate surface area is 179 Å². The van der Waals surface area contributed by atoms with Gasteiger partial charge in [-0.2, -0.15) is 0 Å². The summed E-state index contributed by atoms with van der Waals surface area (Å²) in [6.07, 6.45) is 0. The van der Waals surface area contributed by atoms with Crippen molar-refractivity contribution in [2.75, 3.05) is 5.32 Å². The van der Waals surface area contributed by atoms with Gasteiger partial charge < -0.3 is 9.73 Å². The molecule has 4 rings (SSSR count). The van der Waals surface area contributed by atoms with Gasteiger partial charge in [-0.15, -0.1) is 10.2 Å². The van der Waals surface area contributed by atoms with Crippen molar-refractivity contribution in [3.05, 3.63) is 84.4 Å². The third-order valence-electron chi connectivity index (χ3n) is 4.62. The number of hydrogen-bond donors (Lipinski definition) is 1. The third-order valence-corrected chi connectivity index (χ3v) is 5.56. The summed E-state index contributed by atoms with van der Waals surface area (Å²) in [4.78, 5) is 12.8. The molecule has 1 N–H and O–H groups in total. The van der Waals surface area contributed by atoms with Gasteiger partial charge in [-0.1, -0.05) is 78.0 Å². The summed E-state index contributed by atoms with van der Waals surface area (Å²) < 4.78 is 5.73. The number of benzene rings is 3. The number of para-hydroxylation sites is 1. The van der Waals surface area contributed by atoms with Gasteiger partial charge in [0, 0.05) is 16.8 Å². The van der Waals surface area contributed by atoms with Gasteiger partial charge in [0.15, 0.2) is 0 Å². The zero-order chi connectivity index (χ0) is 20.9. The monoisotopic (exact) mass is 415 g/mol. The van der Waals surface area contributed by atoms with Crippen LogP contribution in [0.2, 0.25) is 0 Å². The van der Waals surface area contributed by atoms with Crippen LogP contribution in [0.5, 0.6) is 0 Å². The lowest BCUT2D eigenvalue weighted by atomic mass is 10.0. The lowest BCUT2D eigenvalue weighted by molar-refractivity contribution is -0.115. The molecule has 0 fully saturated rings. The van der Waals surface area contributed by atoms with E-state index in [0.29, 0.717) is 11.1 Å². The van der Waals surface area contributed by atoms with Crippen LogP contribution >= 0.6 is 11.8 Å². The lowest BCUT2D eigenvalue weighted by Crippen LogP contribution is -2.22. The van der Waals surface area contributed by atoms with Crippen LogP contribution in [0, 0.1) is 6.92 Å². The highest BCUT2D eigenvalue weighted by atomic mass is 32.2. The minimum absolute atomic E-state index is 0.126. The molecule has 3 aromatic carbocycles. The Hall–Kier alpha value is -3.38. The quantitative estimate of drug-likeness (QED) is 0.401. The van der Waals surface area contributed by atoms with Crippen LogP contribution in [0.3, 0.4) is 0 Å². The van der Waals surface area contributed by atoms with E-state index in [1.165, 1.54) is 11.8 Å². The molecule has 1 aromatic heterocycles. The molecule has 0 saturated heterocycles. The molecule has 0 aliphatic carbocycles. The van der Waals surface area contributed by atoms with Gasteiger partial charge in [-0.3, -0.25) is 4.79 Å². The van der Waals surface area contributed by atoms with E-state index in [9.17, 15) is 4.79 Å². The van der Waals surface area contributed by atoms with E-state index in [1.807, 2.05) is 92.7 Å². The smallest absolute Gasteiger partial charge is 0.277 e.